The second-order valence-electron chi connectivity index (χ2n) is 11.0. The molecular weight excluding hydrogens is 496 g/mol. The number of nitrogens with one attached hydrogen (secondary N) is 1. The summed E-state index contributed by atoms with van der Waals surface area (Å²) < 4.78 is 24.2. The third-order valence-electron chi connectivity index (χ3n) is 8.35. The van der Waals surface area contributed by atoms with Crippen molar-refractivity contribution in [2.75, 3.05) is 17.2 Å². The SMILES string of the molecule is CCS(=O)(=O)c1ccc(CNC(=O)N2CC(C)(C3CCC3)c3cc(-c4cncnc4C(C)C)ccc32)cc1. The molecule has 1 aliphatic heterocycles. The molecule has 1 aromatic heterocycles. The number of rotatable bonds is 7. The van der Waals surface area contributed by atoms with Crippen LogP contribution >= 0.6 is 0 Å². The van der Waals surface area contributed by atoms with Gasteiger partial charge in [0.1, 0.15) is 6.33 Å². The van der Waals surface area contributed by atoms with Gasteiger partial charge in [0.25, 0.3) is 0 Å². The van der Waals surface area contributed by atoms with E-state index in [1.54, 1.807) is 37.5 Å². The van der Waals surface area contributed by atoms with Crippen LogP contribution in [0, 0.1) is 5.92 Å². The van der Waals surface area contributed by atoms with E-state index in [9.17, 15) is 13.2 Å². The van der Waals surface area contributed by atoms with Crippen LogP contribution in [0.1, 0.15) is 69.7 Å². The molecule has 1 atom stereocenters. The van der Waals surface area contributed by atoms with Crippen LogP contribution in [0.2, 0.25) is 0 Å². The van der Waals surface area contributed by atoms with Crippen LogP contribution < -0.4 is 10.2 Å². The molecule has 3 aromatic rings. The van der Waals surface area contributed by atoms with E-state index in [4.69, 9.17) is 0 Å². The molecule has 5 rings (SSSR count). The van der Waals surface area contributed by atoms with Crippen molar-refractivity contribution in [1.82, 2.24) is 15.3 Å². The summed E-state index contributed by atoms with van der Waals surface area (Å²) in [7, 11) is -3.25. The zero-order valence-electron chi connectivity index (χ0n) is 22.6. The average molecular weight is 533 g/mol. The zero-order chi connectivity index (χ0) is 27.1. The minimum Gasteiger partial charge on any atom is -0.334 e. The van der Waals surface area contributed by atoms with Gasteiger partial charge in [-0.05, 0) is 65.6 Å². The Balaban J connectivity index is 1.41. The zero-order valence-corrected chi connectivity index (χ0v) is 23.4. The van der Waals surface area contributed by atoms with Gasteiger partial charge < -0.3 is 5.32 Å². The van der Waals surface area contributed by atoms with Crippen LogP contribution in [0.3, 0.4) is 0 Å². The number of anilines is 1. The summed E-state index contributed by atoms with van der Waals surface area (Å²) in [5.41, 5.74) is 6.05. The van der Waals surface area contributed by atoms with Crippen LogP contribution in [0.5, 0.6) is 0 Å². The molecule has 2 aromatic carbocycles. The van der Waals surface area contributed by atoms with Crippen molar-refractivity contribution in [3.05, 3.63) is 71.8 Å². The maximum absolute atomic E-state index is 13.5. The molecule has 38 heavy (non-hydrogen) atoms. The monoisotopic (exact) mass is 532 g/mol. The predicted octanol–water partition coefficient (Wildman–Crippen LogP) is 5.85. The van der Waals surface area contributed by atoms with Gasteiger partial charge in [0.05, 0.1) is 16.3 Å². The Morgan fingerprint density at radius 1 is 1.16 bits per heavy atom. The molecule has 0 bridgehead atoms. The fraction of sp³-hybridized carbons (Fsp3) is 0.433. The Kier molecular flexibility index (Phi) is 7.03. The molecule has 8 heteroatoms. The van der Waals surface area contributed by atoms with Crippen molar-refractivity contribution >= 4 is 21.6 Å². The molecule has 1 saturated carbocycles. The molecule has 1 fully saturated rings. The normalized spacial score (nSPS) is 19.3. The van der Waals surface area contributed by atoms with E-state index in [2.05, 4.69) is 54.3 Å². The second-order valence-corrected chi connectivity index (χ2v) is 13.3. The van der Waals surface area contributed by atoms with Crippen molar-refractivity contribution in [2.24, 2.45) is 5.92 Å². The lowest BCUT2D eigenvalue weighted by atomic mass is 9.64. The first kappa shape index (κ1) is 26.4. The van der Waals surface area contributed by atoms with Crippen molar-refractivity contribution in [1.29, 1.82) is 0 Å². The molecule has 2 amide bonds. The van der Waals surface area contributed by atoms with Gasteiger partial charge in [0.2, 0.25) is 0 Å². The van der Waals surface area contributed by atoms with Gasteiger partial charge in [-0.1, -0.05) is 52.3 Å². The first-order valence-corrected chi connectivity index (χ1v) is 15.1. The first-order chi connectivity index (χ1) is 18.1. The summed E-state index contributed by atoms with van der Waals surface area (Å²) in [5.74, 6) is 0.881. The summed E-state index contributed by atoms with van der Waals surface area (Å²) >= 11 is 0. The molecule has 2 aliphatic rings. The van der Waals surface area contributed by atoms with Crippen molar-refractivity contribution in [3.63, 3.8) is 0 Å². The van der Waals surface area contributed by atoms with Gasteiger partial charge in [0, 0.05) is 36.0 Å². The van der Waals surface area contributed by atoms with Gasteiger partial charge in [-0.2, -0.15) is 0 Å². The Bertz CT molecular complexity index is 1450. The second kappa shape index (κ2) is 10.1. The first-order valence-electron chi connectivity index (χ1n) is 13.5. The Labute approximate surface area is 225 Å². The molecule has 0 radical (unpaired) electrons. The molecule has 1 unspecified atom stereocenters. The van der Waals surface area contributed by atoms with Crippen LogP contribution in [0.15, 0.2) is 59.9 Å². The Morgan fingerprint density at radius 3 is 2.53 bits per heavy atom. The fourth-order valence-electron chi connectivity index (χ4n) is 5.75. The lowest BCUT2D eigenvalue weighted by Gasteiger charge is -2.41. The summed E-state index contributed by atoms with van der Waals surface area (Å²) in [5, 5.41) is 3.05. The smallest absolute Gasteiger partial charge is 0.322 e. The number of aromatic nitrogens is 2. The number of amides is 2. The topological polar surface area (TPSA) is 92.3 Å². The minimum atomic E-state index is -3.25. The van der Waals surface area contributed by atoms with Crippen LogP contribution in [-0.2, 0) is 21.8 Å². The molecule has 1 aliphatic carbocycles. The summed E-state index contributed by atoms with van der Waals surface area (Å²) in [4.78, 5) is 24.5. The predicted molar refractivity (Wildman–Crippen MR) is 150 cm³/mol. The Morgan fingerprint density at radius 2 is 1.89 bits per heavy atom. The number of carbonyl (C=O) groups is 1. The van der Waals surface area contributed by atoms with E-state index in [0.717, 1.165) is 28.1 Å². The van der Waals surface area contributed by atoms with E-state index < -0.39 is 9.84 Å². The number of nitrogens with zero attached hydrogens (tertiary/aromatic N) is 3. The number of sulfone groups is 1. The highest BCUT2D eigenvalue weighted by atomic mass is 32.2. The van der Waals surface area contributed by atoms with Gasteiger partial charge in [-0.15, -0.1) is 0 Å². The largest absolute Gasteiger partial charge is 0.334 e. The number of urea groups is 1. The third-order valence-corrected chi connectivity index (χ3v) is 10.1. The molecule has 200 valence electrons. The van der Waals surface area contributed by atoms with E-state index >= 15 is 0 Å². The van der Waals surface area contributed by atoms with E-state index in [-0.39, 0.29) is 23.1 Å². The molecule has 1 N–H and O–H groups in total. The van der Waals surface area contributed by atoms with Gasteiger partial charge in [-0.25, -0.2) is 23.2 Å². The maximum atomic E-state index is 13.5. The quantitative estimate of drug-likeness (QED) is 0.412. The lowest BCUT2D eigenvalue weighted by molar-refractivity contribution is 0.188. The summed E-state index contributed by atoms with van der Waals surface area (Å²) in [6.07, 6.45) is 7.08. The standard InChI is InChI=1S/C30H36N4O3S/c1-5-38(36,37)24-12-9-21(10-13-24)16-32-29(35)34-18-30(4,23-7-6-8-23)26-15-22(11-14-27(26)34)25-17-31-19-33-28(25)20(2)3/h9-15,17,19-20,23H,5-8,16,18H2,1-4H3,(H,32,35). The van der Waals surface area contributed by atoms with Gasteiger partial charge in [0.15, 0.2) is 9.84 Å². The number of fused-ring (bicyclic) bond motifs is 1. The lowest BCUT2D eigenvalue weighted by Crippen LogP contribution is -2.45. The fourth-order valence-corrected chi connectivity index (χ4v) is 6.63. The van der Waals surface area contributed by atoms with Crippen molar-refractivity contribution in [3.8, 4) is 11.1 Å². The van der Waals surface area contributed by atoms with Crippen LogP contribution in [-0.4, -0.2) is 36.7 Å². The van der Waals surface area contributed by atoms with E-state index in [1.165, 1.54) is 24.8 Å². The number of hydrogen-bond acceptors (Lipinski definition) is 5. The van der Waals surface area contributed by atoms with Crippen molar-refractivity contribution < 1.29 is 13.2 Å². The highest BCUT2D eigenvalue weighted by Gasteiger charge is 2.48. The molecule has 0 spiro atoms. The number of carbonyl (C=O) groups excluding carboxylic acids is 1. The molecule has 0 saturated heterocycles. The number of benzene rings is 2. The van der Waals surface area contributed by atoms with E-state index in [0.29, 0.717) is 23.9 Å². The average Bonchev–Trinajstić information content (AvgIpc) is 3.18. The third kappa shape index (κ3) is 4.70. The number of hydrogen-bond donors (Lipinski definition) is 1. The highest BCUT2D eigenvalue weighted by molar-refractivity contribution is 7.91. The summed E-state index contributed by atoms with van der Waals surface area (Å²) in [6.45, 7) is 9.17. The molecule has 7 nitrogen and oxygen atoms in total. The molecule has 2 heterocycles. The molecular formula is C30H36N4O3S. The maximum Gasteiger partial charge on any atom is 0.322 e. The van der Waals surface area contributed by atoms with Crippen LogP contribution in [0.25, 0.3) is 11.1 Å². The van der Waals surface area contributed by atoms with Crippen LogP contribution in [0.4, 0.5) is 10.5 Å². The highest BCUT2D eigenvalue weighted by Crippen LogP contribution is 2.52. The summed E-state index contributed by atoms with van der Waals surface area (Å²) in [6, 6.07) is 13.0. The van der Waals surface area contributed by atoms with Gasteiger partial charge >= 0.3 is 6.03 Å². The van der Waals surface area contributed by atoms with E-state index in [1.807, 2.05) is 11.1 Å². The minimum absolute atomic E-state index is 0.0645. The Hall–Kier alpha value is -3.26. The van der Waals surface area contributed by atoms with Crippen molar-refractivity contribution in [2.45, 2.75) is 69.7 Å². The van der Waals surface area contributed by atoms with Gasteiger partial charge in [-0.3, -0.25) is 4.90 Å².